The second kappa shape index (κ2) is 43.9. The first-order valence-electron chi connectivity index (χ1n) is 27.5. The zero-order valence-corrected chi connectivity index (χ0v) is 52.6. The van der Waals surface area contributed by atoms with E-state index in [1.54, 1.807) is 73.1 Å². The summed E-state index contributed by atoms with van der Waals surface area (Å²) in [6.07, 6.45) is 19.1. The van der Waals surface area contributed by atoms with Crippen LogP contribution in [0.1, 0.15) is 182 Å². The van der Waals surface area contributed by atoms with E-state index in [2.05, 4.69) is 41.8 Å². The number of nitrogens with one attached hydrogen (secondary N) is 1. The van der Waals surface area contributed by atoms with Gasteiger partial charge in [0, 0.05) is 68.9 Å². The van der Waals surface area contributed by atoms with E-state index >= 15 is 0 Å². The van der Waals surface area contributed by atoms with Crippen LogP contribution in [0.15, 0.2) is 158 Å². The van der Waals surface area contributed by atoms with E-state index in [4.69, 9.17) is 47.7 Å². The fourth-order valence-corrected chi connectivity index (χ4v) is 8.12. The number of halogens is 1. The molecule has 0 spiro atoms. The molecule has 0 saturated carbocycles. The maximum absolute atomic E-state index is 12.4. The average Bonchev–Trinajstić information content (AvgIpc) is 0.988. The molecule has 0 bridgehead atoms. The van der Waals surface area contributed by atoms with Crippen LogP contribution < -0.4 is 31.5 Å². The van der Waals surface area contributed by atoms with Gasteiger partial charge in [-0.05, 0) is 108 Å². The number of aromatic nitrogens is 2. The van der Waals surface area contributed by atoms with Gasteiger partial charge in [0.25, 0.3) is 5.91 Å². The summed E-state index contributed by atoms with van der Waals surface area (Å²) < 4.78 is -0.442. The first-order chi connectivity index (χ1) is 40.1. The van der Waals surface area contributed by atoms with Crippen molar-refractivity contribution in [1.29, 1.82) is 10.5 Å². The van der Waals surface area contributed by atoms with Crippen LogP contribution in [0.25, 0.3) is 0 Å². The molecular formula is C67H73ClCu2N6O9S. The molecule has 1 amide bonds. The van der Waals surface area contributed by atoms with E-state index in [0.717, 1.165) is 50.1 Å². The van der Waals surface area contributed by atoms with Gasteiger partial charge < -0.3 is 41.1 Å². The molecular weight excluding hydrogens is 1230 g/mol. The maximum atomic E-state index is 12.4. The number of hydrogen-bond acceptors (Lipinski definition) is 15. The second-order valence-corrected chi connectivity index (χ2v) is 20.5. The Morgan fingerprint density at radius 1 is 0.628 bits per heavy atom. The van der Waals surface area contributed by atoms with Crippen LogP contribution in [0.2, 0.25) is 5.02 Å². The monoisotopic (exact) mass is 1300 g/mol. The van der Waals surface area contributed by atoms with Gasteiger partial charge in [0.2, 0.25) is 0 Å². The van der Waals surface area contributed by atoms with Crippen molar-refractivity contribution in [3.63, 3.8) is 0 Å². The molecule has 2 heterocycles. The number of ketones is 2. The number of amides is 1. The molecule has 3 N–H and O–H groups in total. The second-order valence-electron chi connectivity index (χ2n) is 19.2. The summed E-state index contributed by atoms with van der Waals surface area (Å²) in [6, 6.07) is 45.8. The number of carbonyl (C=O) groups excluding carboxylic acids is 5. The number of carboxylic acids is 2. The number of rotatable bonds is 16. The quantitative estimate of drug-likeness (QED) is 0.0461. The fraction of sp³-hybridized carbons (Fsp3) is 0.299. The van der Waals surface area contributed by atoms with Crippen molar-refractivity contribution in [3.05, 3.63) is 219 Å². The van der Waals surface area contributed by atoms with Gasteiger partial charge in [-0.1, -0.05) is 179 Å². The molecule has 0 fully saturated rings. The third-order valence-corrected chi connectivity index (χ3v) is 13.0. The standard InChI is InChI=1S/C18H30O.C16H6N2O2.C13H10ClNO2.C12H12N2S.C4H11N.2C2H4O2.2Cu/c1-2-3-4-5-6-7-8-9-10-11-14-17-15-12-13-16-18(17)19;17-7-9-5-13-14(6-10(9)8-18)16(20)12-4-2-1-3-11(12)15(13)19;14-11-8-4-7-10(12(11)16)13(17)15-9-5-2-1-3-6-9;1-12(15,10-6-2-4-8-13-10)11-7-3-5-9-14-11;1-3-4(2)5;2*1-2(3)4;;/h12-13,15-16,19H,2-11,14H2,1H3;1-6H;1-8,16H,(H,15,17);2-9,15H,1H3;4H,3,5H2,1-2H3;2*1H3,(H,3,4);;/q;;;;;;;2*+2/p-4. The number of benzene rings is 5. The minimum Gasteiger partial charge on any atom is -0.872 e. The van der Waals surface area contributed by atoms with E-state index in [0.29, 0.717) is 22.9 Å². The van der Waals surface area contributed by atoms with E-state index in [1.807, 2.05) is 86.6 Å². The molecule has 7 aromatic rings. The van der Waals surface area contributed by atoms with Crippen LogP contribution in [0, 0.1) is 22.7 Å². The number of fused-ring (bicyclic) bond motifs is 2. The van der Waals surface area contributed by atoms with Gasteiger partial charge in [-0.3, -0.25) is 24.4 Å². The molecule has 0 saturated heterocycles. The molecule has 19 heteroatoms. The number of nitrogens with two attached hydrogens (primary N) is 1. The van der Waals surface area contributed by atoms with Crippen molar-refractivity contribution in [2.45, 2.75) is 129 Å². The predicted molar refractivity (Wildman–Crippen MR) is 325 cm³/mol. The van der Waals surface area contributed by atoms with Crippen LogP contribution >= 0.6 is 24.2 Å². The third kappa shape index (κ3) is 29.0. The van der Waals surface area contributed by atoms with E-state index in [1.165, 1.54) is 82.1 Å². The zero-order valence-electron chi connectivity index (χ0n) is 49.0. The number of nitriles is 2. The molecule has 460 valence electrons. The van der Waals surface area contributed by atoms with Gasteiger partial charge in [-0.2, -0.15) is 23.2 Å². The van der Waals surface area contributed by atoms with Crippen molar-refractivity contribution in [2.24, 2.45) is 5.73 Å². The molecule has 0 aliphatic heterocycles. The van der Waals surface area contributed by atoms with Crippen molar-refractivity contribution >= 4 is 59.3 Å². The summed E-state index contributed by atoms with van der Waals surface area (Å²) >= 11 is 10.3. The van der Waals surface area contributed by atoms with Crippen LogP contribution in [-0.2, 0) is 54.9 Å². The molecule has 2 aromatic heterocycles. The number of nitrogens with zero attached hydrogens (tertiary/aromatic N) is 4. The molecule has 86 heavy (non-hydrogen) atoms. The van der Waals surface area contributed by atoms with E-state index in [9.17, 15) is 24.6 Å². The Kier molecular flexibility index (Phi) is 40.0. The molecule has 15 nitrogen and oxygen atoms in total. The summed E-state index contributed by atoms with van der Waals surface area (Å²) in [7, 11) is 0. The topological polar surface area (TPSA) is 289 Å². The van der Waals surface area contributed by atoms with Crippen molar-refractivity contribution in [2.75, 3.05) is 5.32 Å². The number of para-hydroxylation sites is 3. The van der Waals surface area contributed by atoms with Crippen molar-refractivity contribution in [1.82, 2.24) is 9.97 Å². The first-order valence-corrected chi connectivity index (χ1v) is 28.4. The molecule has 5 aromatic carbocycles. The number of aryl methyl sites for hydroxylation is 1. The van der Waals surface area contributed by atoms with Crippen LogP contribution in [0.3, 0.4) is 0 Å². The van der Waals surface area contributed by atoms with Gasteiger partial charge in [0.1, 0.15) is 12.1 Å². The summed E-state index contributed by atoms with van der Waals surface area (Å²) in [4.78, 5) is 63.0. The average molecular weight is 1300 g/mol. The Labute approximate surface area is 537 Å². The van der Waals surface area contributed by atoms with Gasteiger partial charge >= 0.3 is 34.1 Å². The van der Waals surface area contributed by atoms with E-state index < -0.39 is 28.3 Å². The Hall–Kier alpha value is -7.63. The Morgan fingerprint density at radius 2 is 1.03 bits per heavy atom. The molecule has 1 aliphatic carbocycles. The number of hydrogen-bond donors (Lipinski definition) is 3. The normalized spacial score (nSPS) is 10.6. The third-order valence-electron chi connectivity index (χ3n) is 12.3. The van der Waals surface area contributed by atoms with Gasteiger partial charge in [-0.25, -0.2) is 0 Å². The minimum absolute atomic E-state index is 0. The molecule has 2 radical (unpaired) electrons. The molecule has 8 rings (SSSR count). The number of unbranched alkanes of at least 4 members (excludes halogenated alkanes) is 9. The van der Waals surface area contributed by atoms with Crippen LogP contribution in [-0.4, -0.2) is 45.4 Å². The number of anilines is 1. The number of carbonyl (C=O) groups is 5. The van der Waals surface area contributed by atoms with Crippen LogP contribution in [0.5, 0.6) is 11.5 Å². The maximum Gasteiger partial charge on any atom is 2.00 e. The molecule has 1 atom stereocenters. The van der Waals surface area contributed by atoms with Gasteiger partial charge in [0.05, 0.1) is 27.3 Å². The van der Waals surface area contributed by atoms with Gasteiger partial charge in [0.15, 0.2) is 11.6 Å². The first kappa shape index (κ1) is 78.4. The number of aliphatic carboxylic acids is 2. The summed E-state index contributed by atoms with van der Waals surface area (Å²) in [5.41, 5.74) is 10.0. The zero-order chi connectivity index (χ0) is 62.5. The van der Waals surface area contributed by atoms with Crippen molar-refractivity contribution < 1.29 is 78.5 Å². The Balaban J connectivity index is 0.00000104. The summed E-state index contributed by atoms with van der Waals surface area (Å²) in [5.74, 6) is -3.46. The van der Waals surface area contributed by atoms with Gasteiger partial charge in [-0.15, -0.1) is 5.75 Å². The smallest absolute Gasteiger partial charge is 0.872 e. The SMILES string of the molecule is CC(=O)[O-].CC(=O)[O-].CC(S)(c1ccccn1)c1ccccn1.CCC(C)N.CCCCCCCCCCCCc1ccccc1[O-].N#Cc1cc2c(cc1C#N)C(=O)c1ccccc1C2=O.O=C(Nc1ccccc1)c1cccc(Cl)c1[O-].[Cu+2].[Cu+2]. The minimum atomic E-state index is -1.08. The Morgan fingerprint density at radius 3 is 1.44 bits per heavy atom. The predicted octanol–water partition coefficient (Wildman–Crippen LogP) is 11.0. The summed E-state index contributed by atoms with van der Waals surface area (Å²) in [5, 5.41) is 61.6. The van der Waals surface area contributed by atoms with Crippen LogP contribution in [0.4, 0.5) is 5.69 Å². The largest absolute Gasteiger partial charge is 2.00 e. The number of pyridine rings is 2. The number of thiol groups is 1. The van der Waals surface area contributed by atoms with Crippen molar-refractivity contribution in [3.8, 4) is 23.6 Å². The molecule has 1 unspecified atom stereocenters. The fourth-order valence-electron chi connectivity index (χ4n) is 7.68. The summed E-state index contributed by atoms with van der Waals surface area (Å²) in [6.45, 7) is 10.3. The van der Waals surface area contributed by atoms with E-state index in [-0.39, 0.29) is 84.3 Å². The molecule has 1 aliphatic rings. The number of carboxylic acid groups (broad SMARTS) is 2. The Bertz CT molecular complexity index is 3120.